The highest BCUT2D eigenvalue weighted by molar-refractivity contribution is 7.90. The Morgan fingerprint density at radius 1 is 1.06 bits per heavy atom. The molecule has 7 nitrogen and oxygen atoms in total. The number of sulfone groups is 1. The number of aromatic nitrogens is 3. The number of nitrogens with zero attached hydrogens (tertiary/aromatic N) is 2. The molecule has 184 valence electrons. The maximum Gasteiger partial charge on any atom is 0.296 e. The Balaban J connectivity index is 1.33. The van der Waals surface area contributed by atoms with Crippen LogP contribution in [0.15, 0.2) is 47.4 Å². The Hall–Kier alpha value is -2.97. The van der Waals surface area contributed by atoms with Crippen LogP contribution in [-0.2, 0) is 9.84 Å². The van der Waals surface area contributed by atoms with Crippen LogP contribution in [0.5, 0.6) is 6.01 Å². The van der Waals surface area contributed by atoms with Gasteiger partial charge < -0.3 is 14.8 Å². The number of benzene rings is 1. The monoisotopic (exact) mass is 493 g/mol. The second-order valence-corrected chi connectivity index (χ2v) is 12.3. The van der Waals surface area contributed by atoms with Crippen molar-refractivity contribution in [2.45, 2.75) is 63.1 Å². The first-order chi connectivity index (χ1) is 16.5. The third-order valence-corrected chi connectivity index (χ3v) is 8.25. The summed E-state index contributed by atoms with van der Waals surface area (Å²) in [7, 11) is -3.20. The molecule has 0 saturated heterocycles. The third kappa shape index (κ3) is 4.90. The summed E-state index contributed by atoms with van der Waals surface area (Å²) in [4.78, 5) is 13.0. The smallest absolute Gasteiger partial charge is 0.296 e. The number of aryl methyl sites for hydroxylation is 1. The van der Waals surface area contributed by atoms with Gasteiger partial charge in [0.1, 0.15) is 6.10 Å². The third-order valence-electron chi connectivity index (χ3n) is 7.12. The maximum absolute atomic E-state index is 11.7. The summed E-state index contributed by atoms with van der Waals surface area (Å²) >= 11 is 0. The van der Waals surface area contributed by atoms with E-state index in [1.807, 2.05) is 32.9 Å². The molecule has 0 unspecified atom stereocenters. The molecule has 2 aliphatic carbocycles. The molecule has 0 atom stereocenters. The van der Waals surface area contributed by atoms with Gasteiger partial charge >= 0.3 is 0 Å². The lowest BCUT2D eigenvalue weighted by Gasteiger charge is -2.41. The van der Waals surface area contributed by atoms with Gasteiger partial charge in [-0.05, 0) is 92.8 Å². The highest BCUT2D eigenvalue weighted by Gasteiger charge is 2.40. The Bertz CT molecular complexity index is 1440. The summed E-state index contributed by atoms with van der Waals surface area (Å²) in [6.45, 7) is 5.74. The normalized spacial score (nSPS) is 20.8. The molecule has 2 heterocycles. The van der Waals surface area contributed by atoms with Gasteiger partial charge in [-0.15, -0.1) is 0 Å². The van der Waals surface area contributed by atoms with Crippen molar-refractivity contribution in [1.29, 1.82) is 0 Å². The van der Waals surface area contributed by atoms with E-state index in [4.69, 9.17) is 9.72 Å². The lowest BCUT2D eigenvalue weighted by Crippen LogP contribution is -2.45. The van der Waals surface area contributed by atoms with Crippen molar-refractivity contribution in [2.24, 2.45) is 5.92 Å². The predicted molar refractivity (Wildman–Crippen MR) is 137 cm³/mol. The molecule has 0 radical (unpaired) electrons. The summed E-state index contributed by atoms with van der Waals surface area (Å²) in [5.74, 6) is 0.248. The number of nitrogens with one attached hydrogen (secondary N) is 1. The Morgan fingerprint density at radius 3 is 2.31 bits per heavy atom. The van der Waals surface area contributed by atoms with Crippen LogP contribution in [0.4, 0.5) is 0 Å². The van der Waals surface area contributed by atoms with Gasteiger partial charge in [-0.2, -0.15) is 4.98 Å². The number of aliphatic hydroxyl groups is 1. The zero-order valence-corrected chi connectivity index (χ0v) is 21.3. The number of ether oxygens (including phenoxy) is 1. The van der Waals surface area contributed by atoms with Gasteiger partial charge in [-0.3, -0.25) is 0 Å². The Kier molecular flexibility index (Phi) is 5.84. The van der Waals surface area contributed by atoms with Gasteiger partial charge in [-0.1, -0.05) is 24.3 Å². The van der Waals surface area contributed by atoms with E-state index >= 15 is 0 Å². The van der Waals surface area contributed by atoms with Crippen LogP contribution >= 0.6 is 0 Å². The van der Waals surface area contributed by atoms with Crippen molar-refractivity contribution in [3.05, 3.63) is 59.3 Å². The number of rotatable bonds is 6. The highest BCUT2D eigenvalue weighted by atomic mass is 32.2. The lowest BCUT2D eigenvalue weighted by molar-refractivity contribution is -0.0692. The van der Waals surface area contributed by atoms with E-state index in [-0.39, 0.29) is 12.0 Å². The van der Waals surface area contributed by atoms with Gasteiger partial charge in [0.05, 0.1) is 21.7 Å². The SMILES string of the molecule is Cc1cc2[nH]c(OC3CC(C(C)(C)O)C3)nc2nc1C1=CC=C(c2ccc(S(C)(=O)=O)cc2)CC1. The van der Waals surface area contributed by atoms with E-state index in [9.17, 15) is 13.5 Å². The number of pyridine rings is 1. The van der Waals surface area contributed by atoms with E-state index in [0.29, 0.717) is 16.6 Å². The summed E-state index contributed by atoms with van der Waals surface area (Å²) in [6, 6.07) is 9.59. The van der Waals surface area contributed by atoms with Crippen LogP contribution in [0.3, 0.4) is 0 Å². The van der Waals surface area contributed by atoms with Crippen molar-refractivity contribution in [3.63, 3.8) is 0 Å². The molecular formula is C27H31N3O4S. The van der Waals surface area contributed by atoms with E-state index in [1.165, 1.54) is 11.8 Å². The minimum atomic E-state index is -3.20. The first kappa shape index (κ1) is 23.8. The van der Waals surface area contributed by atoms with E-state index < -0.39 is 15.4 Å². The number of allylic oxidation sites excluding steroid dienone is 4. The number of H-pyrrole nitrogens is 1. The number of aromatic amines is 1. The minimum absolute atomic E-state index is 0.0589. The largest absolute Gasteiger partial charge is 0.461 e. The molecule has 0 spiro atoms. The molecule has 2 N–H and O–H groups in total. The quantitative estimate of drug-likeness (QED) is 0.508. The summed E-state index contributed by atoms with van der Waals surface area (Å²) < 4.78 is 29.4. The molecule has 2 aliphatic rings. The molecule has 5 rings (SSSR count). The summed E-state index contributed by atoms with van der Waals surface area (Å²) in [5.41, 5.74) is 6.16. The molecule has 3 aromatic rings. The maximum atomic E-state index is 11.7. The Labute approximate surface area is 205 Å². The fourth-order valence-electron chi connectivity index (χ4n) is 4.79. The van der Waals surface area contributed by atoms with Crippen molar-refractivity contribution in [2.75, 3.05) is 6.26 Å². The first-order valence-corrected chi connectivity index (χ1v) is 13.8. The predicted octanol–water partition coefficient (Wildman–Crippen LogP) is 4.86. The standard InChI is InChI=1S/C27H31N3O4S/c1-16-13-23-25(30-26(28-23)34-21-14-20(15-21)27(2,3)31)29-24(16)19-7-5-17(6-8-19)18-9-11-22(12-10-18)35(4,32)33/h5,7,9-13,20-21,31H,6,8,14-15H2,1-4H3,(H,28,29,30). The van der Waals surface area contributed by atoms with Gasteiger partial charge in [0.25, 0.3) is 6.01 Å². The summed E-state index contributed by atoms with van der Waals surface area (Å²) in [6.07, 6.45) is 8.79. The average Bonchev–Trinajstić information content (AvgIpc) is 3.15. The topological polar surface area (TPSA) is 105 Å². The van der Waals surface area contributed by atoms with Crippen LogP contribution < -0.4 is 4.74 Å². The molecule has 1 aromatic carbocycles. The summed E-state index contributed by atoms with van der Waals surface area (Å²) in [5, 5.41) is 10.1. The zero-order chi connectivity index (χ0) is 25.0. The van der Waals surface area contributed by atoms with Gasteiger partial charge in [0, 0.05) is 6.26 Å². The molecule has 2 aromatic heterocycles. The van der Waals surface area contributed by atoms with Crippen LogP contribution in [0.25, 0.3) is 22.3 Å². The fraction of sp³-hybridized carbons (Fsp3) is 0.407. The van der Waals surface area contributed by atoms with Crippen molar-refractivity contribution >= 4 is 32.1 Å². The van der Waals surface area contributed by atoms with Crippen molar-refractivity contribution in [1.82, 2.24) is 15.0 Å². The minimum Gasteiger partial charge on any atom is -0.461 e. The van der Waals surface area contributed by atoms with E-state index in [0.717, 1.165) is 53.6 Å². The van der Waals surface area contributed by atoms with Crippen LogP contribution in [0.2, 0.25) is 0 Å². The van der Waals surface area contributed by atoms with E-state index in [2.05, 4.69) is 28.2 Å². The van der Waals surface area contributed by atoms with Gasteiger partial charge in [-0.25, -0.2) is 13.4 Å². The zero-order valence-electron chi connectivity index (χ0n) is 20.5. The second-order valence-electron chi connectivity index (χ2n) is 10.3. The van der Waals surface area contributed by atoms with Crippen LogP contribution in [0, 0.1) is 12.8 Å². The first-order valence-electron chi connectivity index (χ1n) is 11.9. The average molecular weight is 494 g/mol. The van der Waals surface area contributed by atoms with E-state index in [1.54, 1.807) is 12.1 Å². The molecule has 0 bridgehead atoms. The molecule has 0 aliphatic heterocycles. The van der Waals surface area contributed by atoms with Gasteiger partial charge in [0.15, 0.2) is 15.5 Å². The highest BCUT2D eigenvalue weighted by Crippen LogP contribution is 2.38. The number of imidazole rings is 1. The Morgan fingerprint density at radius 2 is 1.71 bits per heavy atom. The van der Waals surface area contributed by atoms with Crippen molar-refractivity contribution in [3.8, 4) is 6.01 Å². The number of fused-ring (bicyclic) bond motifs is 1. The lowest BCUT2D eigenvalue weighted by atomic mass is 9.72. The van der Waals surface area contributed by atoms with Crippen LogP contribution in [0.1, 0.15) is 56.4 Å². The second kappa shape index (κ2) is 8.60. The van der Waals surface area contributed by atoms with Crippen LogP contribution in [-0.4, -0.2) is 46.4 Å². The molecule has 8 heteroatoms. The van der Waals surface area contributed by atoms with Crippen molar-refractivity contribution < 1.29 is 18.3 Å². The number of hydrogen-bond donors (Lipinski definition) is 2. The van der Waals surface area contributed by atoms with Gasteiger partial charge in [0.2, 0.25) is 0 Å². The molecule has 1 fully saturated rings. The molecule has 1 saturated carbocycles. The molecule has 35 heavy (non-hydrogen) atoms. The molecular weight excluding hydrogens is 462 g/mol. The number of hydrogen-bond acceptors (Lipinski definition) is 6. The fourth-order valence-corrected chi connectivity index (χ4v) is 5.42. The molecule has 0 amide bonds.